The number of nitrogens with zero attached hydrogens (tertiary/aromatic N) is 1. The van der Waals surface area contributed by atoms with E-state index in [9.17, 15) is 9.90 Å². The van der Waals surface area contributed by atoms with Gasteiger partial charge in [-0.25, -0.2) is 0 Å². The Hall–Kier alpha value is -1.76. The first-order valence-electron chi connectivity index (χ1n) is 10.9. The van der Waals surface area contributed by atoms with E-state index in [0.29, 0.717) is 13.0 Å². The second kappa shape index (κ2) is 11.0. The normalized spacial score (nSPS) is 21.7. The number of piperidine rings is 1. The van der Waals surface area contributed by atoms with Gasteiger partial charge in [0.2, 0.25) is 5.91 Å². The number of ether oxygens (including phenoxy) is 1. The van der Waals surface area contributed by atoms with Crippen LogP contribution in [0.25, 0.3) is 0 Å². The third-order valence-corrected chi connectivity index (χ3v) is 7.18. The Morgan fingerprint density at radius 1 is 1.27 bits per heavy atom. The molecule has 2 aliphatic rings. The minimum Gasteiger partial charge on any atom is -0.492 e. The summed E-state index contributed by atoms with van der Waals surface area (Å²) in [5, 5.41) is 9.26. The SMILES string of the molecule is CC(Cc1ccc(OCCN2CCCCC2)cc1)(SC1=CCC(CO)C=C1)C(N)=O. The molecule has 30 heavy (non-hydrogen) atoms. The second-order valence-corrected chi connectivity index (χ2v) is 9.99. The molecule has 2 unspecified atom stereocenters. The number of likely N-dealkylation sites (tertiary alicyclic amines) is 1. The van der Waals surface area contributed by atoms with E-state index in [1.54, 1.807) is 0 Å². The van der Waals surface area contributed by atoms with Crippen molar-refractivity contribution < 1.29 is 14.6 Å². The topological polar surface area (TPSA) is 75.8 Å². The molecule has 3 N–H and O–H groups in total. The molecule has 5 nitrogen and oxygen atoms in total. The fourth-order valence-electron chi connectivity index (χ4n) is 3.86. The molecule has 3 rings (SSSR count). The average molecular weight is 431 g/mol. The van der Waals surface area contributed by atoms with E-state index in [2.05, 4.69) is 11.0 Å². The van der Waals surface area contributed by atoms with Gasteiger partial charge >= 0.3 is 0 Å². The Morgan fingerprint density at radius 3 is 2.60 bits per heavy atom. The molecule has 1 amide bonds. The molecule has 0 radical (unpaired) electrons. The highest BCUT2D eigenvalue weighted by Crippen LogP contribution is 2.38. The molecular formula is C24H34N2O3S. The zero-order valence-corrected chi connectivity index (χ0v) is 18.7. The van der Waals surface area contributed by atoms with Crippen LogP contribution in [0.5, 0.6) is 5.75 Å². The lowest BCUT2D eigenvalue weighted by atomic mass is 9.99. The summed E-state index contributed by atoms with van der Waals surface area (Å²) in [5.41, 5.74) is 6.83. The Morgan fingerprint density at radius 2 is 2.00 bits per heavy atom. The summed E-state index contributed by atoms with van der Waals surface area (Å²) >= 11 is 1.50. The van der Waals surface area contributed by atoms with Crippen LogP contribution in [0, 0.1) is 5.92 Å². The lowest BCUT2D eigenvalue weighted by molar-refractivity contribution is -0.119. The zero-order valence-electron chi connectivity index (χ0n) is 17.9. The van der Waals surface area contributed by atoms with E-state index in [4.69, 9.17) is 10.5 Å². The molecule has 0 saturated carbocycles. The van der Waals surface area contributed by atoms with Gasteiger partial charge in [-0.05, 0) is 63.4 Å². The fraction of sp³-hybridized carbons (Fsp3) is 0.542. The minimum absolute atomic E-state index is 0.143. The number of carbonyl (C=O) groups is 1. The zero-order chi connectivity index (χ0) is 21.4. The summed E-state index contributed by atoms with van der Waals surface area (Å²) in [6.07, 6.45) is 11.3. The van der Waals surface area contributed by atoms with Crippen molar-refractivity contribution in [2.45, 2.75) is 43.8 Å². The number of benzene rings is 1. The number of hydrogen-bond acceptors (Lipinski definition) is 5. The molecular weight excluding hydrogens is 396 g/mol. The van der Waals surface area contributed by atoms with E-state index in [1.807, 2.05) is 43.3 Å². The third kappa shape index (κ3) is 6.62. The summed E-state index contributed by atoms with van der Waals surface area (Å²) in [6.45, 7) is 6.07. The van der Waals surface area contributed by atoms with Gasteiger partial charge < -0.3 is 15.6 Å². The Labute approximate surface area is 184 Å². The monoisotopic (exact) mass is 430 g/mol. The highest BCUT2D eigenvalue weighted by Gasteiger charge is 2.33. The number of rotatable bonds is 10. The van der Waals surface area contributed by atoms with Crippen LogP contribution < -0.4 is 10.5 Å². The molecule has 0 spiro atoms. The molecule has 0 bridgehead atoms. The van der Waals surface area contributed by atoms with Gasteiger partial charge in [0.1, 0.15) is 17.1 Å². The first kappa shape index (κ1) is 22.9. The number of aliphatic hydroxyl groups is 1. The molecule has 1 aromatic rings. The molecule has 0 aromatic heterocycles. The van der Waals surface area contributed by atoms with Gasteiger partial charge in [-0.2, -0.15) is 0 Å². The van der Waals surface area contributed by atoms with Crippen LogP contribution in [0.1, 0.15) is 38.2 Å². The quantitative estimate of drug-likeness (QED) is 0.594. The van der Waals surface area contributed by atoms with Gasteiger partial charge in [0.05, 0.1) is 0 Å². The van der Waals surface area contributed by atoms with Crippen LogP contribution >= 0.6 is 11.8 Å². The second-order valence-electron chi connectivity index (χ2n) is 8.41. The summed E-state index contributed by atoms with van der Waals surface area (Å²) in [4.78, 5) is 15.7. The number of hydrogen-bond donors (Lipinski definition) is 2. The predicted molar refractivity (Wildman–Crippen MR) is 124 cm³/mol. The Kier molecular flexibility index (Phi) is 8.42. The number of thioether (sulfide) groups is 1. The van der Waals surface area contributed by atoms with Gasteiger partial charge in [0.25, 0.3) is 0 Å². The highest BCUT2D eigenvalue weighted by atomic mass is 32.2. The van der Waals surface area contributed by atoms with E-state index < -0.39 is 4.75 Å². The predicted octanol–water partition coefficient (Wildman–Crippen LogP) is 3.52. The fourth-order valence-corrected chi connectivity index (χ4v) is 5.04. The van der Waals surface area contributed by atoms with Gasteiger partial charge in [-0.3, -0.25) is 9.69 Å². The van der Waals surface area contributed by atoms with E-state index in [-0.39, 0.29) is 18.4 Å². The third-order valence-electron chi connectivity index (χ3n) is 5.84. The number of primary amides is 1. The molecule has 1 fully saturated rings. The van der Waals surface area contributed by atoms with Crippen LogP contribution in [0.2, 0.25) is 0 Å². The van der Waals surface area contributed by atoms with Gasteiger partial charge in [0, 0.05) is 24.0 Å². The lowest BCUT2D eigenvalue weighted by Gasteiger charge is -2.27. The van der Waals surface area contributed by atoms with Crippen LogP contribution in [-0.4, -0.2) is 53.5 Å². The molecule has 1 aliphatic carbocycles. The summed E-state index contributed by atoms with van der Waals surface area (Å²) in [6, 6.07) is 7.99. The van der Waals surface area contributed by atoms with Crippen molar-refractivity contribution in [2.24, 2.45) is 11.7 Å². The molecule has 1 aliphatic heterocycles. The van der Waals surface area contributed by atoms with Crippen LogP contribution in [0.3, 0.4) is 0 Å². The maximum Gasteiger partial charge on any atom is 0.234 e. The minimum atomic E-state index is -0.737. The first-order chi connectivity index (χ1) is 14.5. The van der Waals surface area contributed by atoms with Crippen molar-refractivity contribution in [1.82, 2.24) is 4.90 Å². The van der Waals surface area contributed by atoms with Crippen LogP contribution in [0.15, 0.2) is 47.4 Å². The van der Waals surface area contributed by atoms with Crippen LogP contribution in [0.4, 0.5) is 0 Å². The highest BCUT2D eigenvalue weighted by molar-refractivity contribution is 8.05. The van der Waals surface area contributed by atoms with E-state index >= 15 is 0 Å². The van der Waals surface area contributed by atoms with Gasteiger partial charge in [-0.15, -0.1) is 11.8 Å². The number of aliphatic hydroxyl groups excluding tert-OH is 1. The number of carbonyl (C=O) groups excluding carboxylic acids is 1. The number of allylic oxidation sites excluding steroid dienone is 2. The van der Waals surface area contributed by atoms with E-state index in [1.165, 1.54) is 44.1 Å². The van der Waals surface area contributed by atoms with Crippen molar-refractivity contribution in [2.75, 3.05) is 32.8 Å². The largest absolute Gasteiger partial charge is 0.492 e. The average Bonchev–Trinajstić information content (AvgIpc) is 2.76. The number of nitrogens with two attached hydrogens (primary N) is 1. The standard InChI is InChI=1S/C24H34N2O3S/c1-24(23(25)28,30-22-11-7-20(18-27)8-12-22)17-19-5-9-21(10-6-19)29-16-15-26-13-3-2-4-14-26/h5-7,9-12,20,27H,2-4,8,13-18H2,1H3,(H2,25,28). The van der Waals surface area contributed by atoms with Crippen LogP contribution in [-0.2, 0) is 11.2 Å². The van der Waals surface area contributed by atoms with Gasteiger partial charge in [0.15, 0.2) is 0 Å². The maximum atomic E-state index is 12.3. The Bertz CT molecular complexity index is 756. The first-order valence-corrected chi connectivity index (χ1v) is 11.7. The van der Waals surface area contributed by atoms with Crippen molar-refractivity contribution in [1.29, 1.82) is 0 Å². The number of amides is 1. The molecule has 2 atom stereocenters. The smallest absolute Gasteiger partial charge is 0.234 e. The lowest BCUT2D eigenvalue weighted by Crippen LogP contribution is -2.40. The summed E-state index contributed by atoms with van der Waals surface area (Å²) in [7, 11) is 0. The Balaban J connectivity index is 1.53. The van der Waals surface area contributed by atoms with Crippen molar-refractivity contribution in [3.8, 4) is 5.75 Å². The molecule has 6 heteroatoms. The van der Waals surface area contributed by atoms with Gasteiger partial charge in [-0.1, -0.05) is 36.8 Å². The molecule has 1 aromatic carbocycles. The molecule has 1 saturated heterocycles. The maximum absolute atomic E-state index is 12.3. The summed E-state index contributed by atoms with van der Waals surface area (Å²) in [5.74, 6) is 0.696. The van der Waals surface area contributed by atoms with Crippen molar-refractivity contribution in [3.05, 3.63) is 53.0 Å². The van der Waals surface area contributed by atoms with Crippen molar-refractivity contribution >= 4 is 17.7 Å². The van der Waals surface area contributed by atoms with Crippen molar-refractivity contribution in [3.63, 3.8) is 0 Å². The molecule has 1 heterocycles. The van der Waals surface area contributed by atoms with E-state index in [0.717, 1.165) is 29.2 Å². The summed E-state index contributed by atoms with van der Waals surface area (Å²) < 4.78 is 5.17. The molecule has 164 valence electrons.